The molecule has 18 heavy (non-hydrogen) atoms. The van der Waals surface area contributed by atoms with Gasteiger partial charge in [-0.15, -0.1) is 0 Å². The second-order valence-corrected chi connectivity index (χ2v) is 4.84. The van der Waals surface area contributed by atoms with Crippen LogP contribution >= 0.6 is 11.6 Å². The molecule has 3 heteroatoms. The molecule has 0 N–H and O–H groups in total. The summed E-state index contributed by atoms with van der Waals surface area (Å²) in [4.78, 5) is 0. The second-order valence-electron chi connectivity index (χ2n) is 4.40. The summed E-state index contributed by atoms with van der Waals surface area (Å²) in [5, 5.41) is 0.356. The SMILES string of the molecule is CC(C)c1ccc(Oc2ccc(Cl)cc2F)cc1. The summed E-state index contributed by atoms with van der Waals surface area (Å²) in [5.74, 6) is 0.791. The molecule has 2 aromatic rings. The van der Waals surface area contributed by atoms with Crippen LogP contribution in [0.4, 0.5) is 4.39 Å². The van der Waals surface area contributed by atoms with E-state index in [2.05, 4.69) is 13.8 Å². The maximum Gasteiger partial charge on any atom is 0.167 e. The van der Waals surface area contributed by atoms with Crippen LogP contribution in [0.3, 0.4) is 0 Å². The first-order valence-electron chi connectivity index (χ1n) is 5.79. The van der Waals surface area contributed by atoms with Gasteiger partial charge in [-0.25, -0.2) is 4.39 Å². The molecule has 0 aliphatic rings. The maximum atomic E-state index is 13.5. The van der Waals surface area contributed by atoms with Crippen LogP contribution in [-0.4, -0.2) is 0 Å². The monoisotopic (exact) mass is 264 g/mol. The van der Waals surface area contributed by atoms with Gasteiger partial charge in [0.25, 0.3) is 0 Å². The van der Waals surface area contributed by atoms with Crippen molar-refractivity contribution >= 4 is 11.6 Å². The summed E-state index contributed by atoms with van der Waals surface area (Å²) in [6.07, 6.45) is 0. The first-order chi connectivity index (χ1) is 8.56. The number of halogens is 2. The molecular weight excluding hydrogens is 251 g/mol. The van der Waals surface area contributed by atoms with E-state index < -0.39 is 5.82 Å². The maximum absolute atomic E-state index is 13.5. The predicted molar refractivity (Wildman–Crippen MR) is 72.0 cm³/mol. The van der Waals surface area contributed by atoms with Crippen LogP contribution in [0.15, 0.2) is 42.5 Å². The molecule has 2 rings (SSSR count). The van der Waals surface area contributed by atoms with Gasteiger partial charge in [0.05, 0.1) is 0 Å². The van der Waals surface area contributed by atoms with Crippen molar-refractivity contribution in [2.24, 2.45) is 0 Å². The van der Waals surface area contributed by atoms with E-state index in [1.165, 1.54) is 17.7 Å². The normalized spacial score (nSPS) is 10.7. The number of ether oxygens (including phenoxy) is 1. The highest BCUT2D eigenvalue weighted by molar-refractivity contribution is 6.30. The first-order valence-corrected chi connectivity index (χ1v) is 6.17. The van der Waals surface area contributed by atoms with E-state index in [-0.39, 0.29) is 5.75 Å². The summed E-state index contributed by atoms with van der Waals surface area (Å²) in [6, 6.07) is 12.0. The molecular formula is C15H14ClFO. The van der Waals surface area contributed by atoms with Crippen molar-refractivity contribution in [1.29, 1.82) is 0 Å². The topological polar surface area (TPSA) is 9.23 Å². The van der Waals surface area contributed by atoms with E-state index in [1.54, 1.807) is 6.07 Å². The van der Waals surface area contributed by atoms with Gasteiger partial charge in [-0.2, -0.15) is 0 Å². The molecule has 0 saturated carbocycles. The summed E-state index contributed by atoms with van der Waals surface area (Å²) in [5.41, 5.74) is 1.22. The van der Waals surface area contributed by atoms with Crippen LogP contribution in [0.2, 0.25) is 5.02 Å². The minimum Gasteiger partial charge on any atom is -0.454 e. The zero-order chi connectivity index (χ0) is 13.1. The van der Waals surface area contributed by atoms with E-state index in [4.69, 9.17) is 16.3 Å². The average molecular weight is 265 g/mol. The third-order valence-corrected chi connectivity index (χ3v) is 2.90. The Morgan fingerprint density at radius 1 is 1.06 bits per heavy atom. The van der Waals surface area contributed by atoms with E-state index >= 15 is 0 Å². The van der Waals surface area contributed by atoms with Crippen molar-refractivity contribution in [3.05, 3.63) is 58.9 Å². The number of rotatable bonds is 3. The second kappa shape index (κ2) is 5.40. The van der Waals surface area contributed by atoms with Crippen LogP contribution in [0.5, 0.6) is 11.5 Å². The molecule has 0 amide bonds. The zero-order valence-corrected chi connectivity index (χ0v) is 11.0. The minimum atomic E-state index is -0.463. The third kappa shape index (κ3) is 3.02. The summed E-state index contributed by atoms with van der Waals surface area (Å²) in [7, 11) is 0. The largest absolute Gasteiger partial charge is 0.454 e. The lowest BCUT2D eigenvalue weighted by atomic mass is 10.0. The highest BCUT2D eigenvalue weighted by atomic mass is 35.5. The number of hydrogen-bond acceptors (Lipinski definition) is 1. The fourth-order valence-corrected chi connectivity index (χ4v) is 1.76. The molecule has 0 aromatic heterocycles. The molecule has 0 saturated heterocycles. The molecule has 0 spiro atoms. The Balaban J connectivity index is 2.18. The van der Waals surface area contributed by atoms with Gasteiger partial charge in [0.1, 0.15) is 5.75 Å². The average Bonchev–Trinajstić information content (AvgIpc) is 2.33. The Hall–Kier alpha value is -1.54. The van der Waals surface area contributed by atoms with Crippen LogP contribution in [0, 0.1) is 5.82 Å². The lowest BCUT2D eigenvalue weighted by Gasteiger charge is -2.09. The smallest absolute Gasteiger partial charge is 0.167 e. The zero-order valence-electron chi connectivity index (χ0n) is 10.3. The summed E-state index contributed by atoms with van der Waals surface area (Å²) < 4.78 is 19.0. The molecule has 0 aliphatic heterocycles. The first kappa shape index (κ1) is 12.9. The highest BCUT2D eigenvalue weighted by Crippen LogP contribution is 2.27. The molecule has 0 unspecified atom stereocenters. The van der Waals surface area contributed by atoms with Gasteiger partial charge >= 0.3 is 0 Å². The van der Waals surface area contributed by atoms with Crippen LogP contribution in [-0.2, 0) is 0 Å². The number of hydrogen-bond donors (Lipinski definition) is 0. The molecule has 0 radical (unpaired) electrons. The third-order valence-electron chi connectivity index (χ3n) is 2.67. The van der Waals surface area contributed by atoms with Gasteiger partial charge in [-0.1, -0.05) is 37.6 Å². The van der Waals surface area contributed by atoms with E-state index in [0.717, 1.165) is 0 Å². The van der Waals surface area contributed by atoms with Crippen molar-refractivity contribution < 1.29 is 9.13 Å². The van der Waals surface area contributed by atoms with Crippen molar-refractivity contribution in [3.8, 4) is 11.5 Å². The molecule has 0 atom stereocenters. The van der Waals surface area contributed by atoms with Gasteiger partial charge in [0, 0.05) is 5.02 Å². The van der Waals surface area contributed by atoms with E-state index in [1.807, 2.05) is 24.3 Å². The minimum absolute atomic E-state index is 0.177. The van der Waals surface area contributed by atoms with Gasteiger partial charge in [0.15, 0.2) is 11.6 Å². The quantitative estimate of drug-likeness (QED) is 0.722. The van der Waals surface area contributed by atoms with Crippen molar-refractivity contribution in [2.75, 3.05) is 0 Å². The predicted octanol–water partition coefficient (Wildman–Crippen LogP) is 5.39. The summed E-state index contributed by atoms with van der Waals surface area (Å²) in [6.45, 7) is 4.24. The van der Waals surface area contributed by atoms with Gasteiger partial charge in [-0.3, -0.25) is 0 Å². The molecule has 0 aliphatic carbocycles. The molecule has 0 heterocycles. The highest BCUT2D eigenvalue weighted by Gasteiger charge is 2.06. The fraction of sp³-hybridized carbons (Fsp3) is 0.200. The van der Waals surface area contributed by atoms with Gasteiger partial charge in [-0.05, 0) is 41.8 Å². The van der Waals surface area contributed by atoms with Gasteiger partial charge in [0.2, 0.25) is 0 Å². The van der Waals surface area contributed by atoms with Crippen molar-refractivity contribution in [2.45, 2.75) is 19.8 Å². The Morgan fingerprint density at radius 3 is 2.28 bits per heavy atom. The van der Waals surface area contributed by atoms with Crippen LogP contribution in [0.1, 0.15) is 25.3 Å². The summed E-state index contributed by atoms with van der Waals surface area (Å²) >= 11 is 5.68. The number of benzene rings is 2. The lowest BCUT2D eigenvalue weighted by molar-refractivity contribution is 0.442. The van der Waals surface area contributed by atoms with Crippen LogP contribution in [0.25, 0.3) is 0 Å². The van der Waals surface area contributed by atoms with Crippen molar-refractivity contribution in [1.82, 2.24) is 0 Å². The molecule has 1 nitrogen and oxygen atoms in total. The Kier molecular flexibility index (Phi) is 3.87. The fourth-order valence-electron chi connectivity index (χ4n) is 1.61. The Morgan fingerprint density at radius 2 is 1.72 bits per heavy atom. The standard InChI is InChI=1S/C15H14ClFO/c1-10(2)11-3-6-13(7-4-11)18-15-8-5-12(16)9-14(15)17/h3-10H,1-2H3. The Bertz CT molecular complexity index is 535. The molecule has 0 bridgehead atoms. The lowest BCUT2D eigenvalue weighted by Crippen LogP contribution is -1.90. The Labute approximate surface area is 111 Å². The van der Waals surface area contributed by atoms with Crippen LogP contribution < -0.4 is 4.74 Å². The molecule has 2 aromatic carbocycles. The molecule has 0 fully saturated rings. The van der Waals surface area contributed by atoms with Crippen molar-refractivity contribution in [3.63, 3.8) is 0 Å². The van der Waals surface area contributed by atoms with E-state index in [9.17, 15) is 4.39 Å². The molecule has 94 valence electrons. The van der Waals surface area contributed by atoms with Gasteiger partial charge < -0.3 is 4.74 Å². The van der Waals surface area contributed by atoms with E-state index in [0.29, 0.717) is 16.7 Å².